The first-order chi connectivity index (χ1) is 13.9. The lowest BCUT2D eigenvalue weighted by molar-refractivity contribution is 0.323. The minimum absolute atomic E-state index is 0.582. The number of methoxy groups -OCH3 is 3. The van der Waals surface area contributed by atoms with Gasteiger partial charge in [-0.3, -0.25) is 4.99 Å². The molecule has 158 valence electrons. The summed E-state index contributed by atoms with van der Waals surface area (Å²) in [5.74, 6) is 2.61. The zero-order valence-electron chi connectivity index (χ0n) is 18.6. The van der Waals surface area contributed by atoms with Gasteiger partial charge in [0.15, 0.2) is 17.5 Å². The van der Waals surface area contributed by atoms with Crippen LogP contribution in [0.5, 0.6) is 17.2 Å². The summed E-state index contributed by atoms with van der Waals surface area (Å²) in [6.45, 7) is 7.87. The van der Waals surface area contributed by atoms with Gasteiger partial charge in [-0.05, 0) is 61.6 Å². The van der Waals surface area contributed by atoms with Crippen molar-refractivity contribution in [2.24, 2.45) is 4.99 Å². The number of aliphatic imine (C=N–C) groups is 1. The molecule has 0 bridgehead atoms. The Morgan fingerprint density at radius 1 is 0.862 bits per heavy atom. The molecule has 29 heavy (non-hydrogen) atoms. The molecule has 0 aliphatic heterocycles. The molecule has 0 atom stereocenters. The monoisotopic (exact) mass is 399 g/mol. The second-order valence-corrected chi connectivity index (χ2v) is 7.01. The van der Waals surface area contributed by atoms with E-state index >= 15 is 0 Å². The quantitative estimate of drug-likeness (QED) is 0.525. The highest BCUT2D eigenvalue weighted by atomic mass is 16.5. The Balaban J connectivity index is 1.98. The summed E-state index contributed by atoms with van der Waals surface area (Å²) in [6.07, 6.45) is 0.947. The maximum atomic E-state index is 5.42. The second-order valence-electron chi connectivity index (χ2n) is 7.01. The van der Waals surface area contributed by atoms with Crippen LogP contribution < -0.4 is 24.8 Å². The number of rotatable bonds is 8. The maximum absolute atomic E-state index is 5.42. The number of ether oxygens (including phenoxy) is 3. The molecule has 6 nitrogen and oxygen atoms in total. The fourth-order valence-electron chi connectivity index (χ4n) is 3.55. The van der Waals surface area contributed by atoms with E-state index in [4.69, 9.17) is 14.2 Å². The van der Waals surface area contributed by atoms with E-state index in [1.54, 1.807) is 28.4 Å². The number of nitrogens with one attached hydrogen (secondary N) is 2. The van der Waals surface area contributed by atoms with E-state index in [1.807, 2.05) is 12.1 Å². The first-order valence-corrected chi connectivity index (χ1v) is 9.73. The third-order valence-electron chi connectivity index (χ3n) is 4.92. The molecule has 0 saturated heterocycles. The van der Waals surface area contributed by atoms with Crippen LogP contribution in [0.1, 0.15) is 27.8 Å². The van der Waals surface area contributed by atoms with Crippen LogP contribution in [-0.4, -0.2) is 40.9 Å². The van der Waals surface area contributed by atoms with Crippen molar-refractivity contribution in [3.05, 3.63) is 52.1 Å². The Hall–Kier alpha value is -2.89. The summed E-state index contributed by atoms with van der Waals surface area (Å²) in [4.78, 5) is 4.32. The van der Waals surface area contributed by atoms with Gasteiger partial charge in [-0.2, -0.15) is 0 Å². The predicted molar refractivity (Wildman–Crippen MR) is 119 cm³/mol. The highest BCUT2D eigenvalue weighted by Crippen LogP contribution is 2.38. The van der Waals surface area contributed by atoms with Gasteiger partial charge in [0.05, 0.1) is 21.3 Å². The van der Waals surface area contributed by atoms with Gasteiger partial charge in [0, 0.05) is 20.1 Å². The Labute approximate surface area is 174 Å². The Morgan fingerprint density at radius 2 is 1.45 bits per heavy atom. The van der Waals surface area contributed by atoms with E-state index < -0.39 is 0 Å². The summed E-state index contributed by atoms with van der Waals surface area (Å²) in [7, 11) is 6.60. The zero-order chi connectivity index (χ0) is 21.4. The van der Waals surface area contributed by atoms with Gasteiger partial charge in [-0.1, -0.05) is 17.7 Å². The Bertz CT molecular complexity index is 814. The molecule has 0 heterocycles. The standard InChI is InChI=1S/C23H33N3O3/c1-15-10-16(2)19(17(3)11-15)8-9-25-23(24-4)26-14-18-12-20(27-5)22(29-7)21(13-18)28-6/h10-13H,8-9,14H2,1-7H3,(H2,24,25,26). The van der Waals surface area contributed by atoms with Crippen LogP contribution in [0.25, 0.3) is 0 Å². The van der Waals surface area contributed by atoms with Crippen LogP contribution in [0.15, 0.2) is 29.3 Å². The highest BCUT2D eigenvalue weighted by molar-refractivity contribution is 5.79. The van der Waals surface area contributed by atoms with Crippen LogP contribution in [-0.2, 0) is 13.0 Å². The first kappa shape index (κ1) is 22.4. The van der Waals surface area contributed by atoms with Crippen molar-refractivity contribution in [1.82, 2.24) is 10.6 Å². The molecule has 0 aromatic heterocycles. The minimum Gasteiger partial charge on any atom is -0.493 e. The van der Waals surface area contributed by atoms with Crippen molar-refractivity contribution in [3.63, 3.8) is 0 Å². The lowest BCUT2D eigenvalue weighted by Crippen LogP contribution is -2.38. The van der Waals surface area contributed by atoms with Crippen LogP contribution in [0, 0.1) is 20.8 Å². The molecule has 6 heteroatoms. The van der Waals surface area contributed by atoms with Gasteiger partial charge < -0.3 is 24.8 Å². The molecule has 0 spiro atoms. The molecule has 0 saturated carbocycles. The van der Waals surface area contributed by atoms with Crippen molar-refractivity contribution in [2.45, 2.75) is 33.7 Å². The van der Waals surface area contributed by atoms with Gasteiger partial charge in [0.1, 0.15) is 0 Å². The fourth-order valence-corrected chi connectivity index (χ4v) is 3.55. The van der Waals surface area contributed by atoms with Gasteiger partial charge in [0.25, 0.3) is 0 Å². The number of guanidine groups is 1. The number of nitrogens with zero attached hydrogens (tertiary/aromatic N) is 1. The lowest BCUT2D eigenvalue weighted by atomic mass is 9.97. The molecule has 2 aromatic rings. The van der Waals surface area contributed by atoms with E-state index in [-0.39, 0.29) is 0 Å². The molecule has 0 radical (unpaired) electrons. The van der Waals surface area contributed by atoms with Crippen molar-refractivity contribution < 1.29 is 14.2 Å². The molecule has 0 unspecified atom stereocenters. The summed E-state index contributed by atoms with van der Waals surface area (Å²) >= 11 is 0. The molecular weight excluding hydrogens is 366 g/mol. The maximum Gasteiger partial charge on any atom is 0.203 e. The Morgan fingerprint density at radius 3 is 1.93 bits per heavy atom. The van der Waals surface area contributed by atoms with Crippen LogP contribution in [0.4, 0.5) is 0 Å². The molecule has 2 aromatic carbocycles. The summed E-state index contributed by atoms with van der Waals surface area (Å²) in [5, 5.41) is 6.73. The number of hydrogen-bond acceptors (Lipinski definition) is 4. The van der Waals surface area contributed by atoms with E-state index in [0.29, 0.717) is 23.8 Å². The summed E-state index contributed by atoms with van der Waals surface area (Å²) < 4.78 is 16.2. The van der Waals surface area contributed by atoms with Gasteiger partial charge in [0.2, 0.25) is 5.75 Å². The molecule has 0 amide bonds. The summed E-state index contributed by atoms with van der Waals surface area (Å²) in [5.41, 5.74) is 6.38. The number of benzene rings is 2. The van der Waals surface area contributed by atoms with Crippen LogP contribution >= 0.6 is 0 Å². The molecule has 0 aliphatic carbocycles. The average Bonchev–Trinajstić information content (AvgIpc) is 2.71. The van der Waals surface area contributed by atoms with Crippen LogP contribution in [0.3, 0.4) is 0 Å². The van der Waals surface area contributed by atoms with E-state index in [0.717, 1.165) is 24.5 Å². The third kappa shape index (κ3) is 5.79. The van der Waals surface area contributed by atoms with E-state index in [1.165, 1.54) is 22.3 Å². The molecule has 2 rings (SSSR count). The molecule has 0 aliphatic rings. The van der Waals surface area contributed by atoms with Crippen LogP contribution in [0.2, 0.25) is 0 Å². The van der Waals surface area contributed by atoms with Gasteiger partial charge in [-0.15, -0.1) is 0 Å². The highest BCUT2D eigenvalue weighted by Gasteiger charge is 2.13. The van der Waals surface area contributed by atoms with Gasteiger partial charge >= 0.3 is 0 Å². The average molecular weight is 400 g/mol. The van der Waals surface area contributed by atoms with Crippen molar-refractivity contribution in [1.29, 1.82) is 0 Å². The first-order valence-electron chi connectivity index (χ1n) is 9.73. The lowest BCUT2D eigenvalue weighted by Gasteiger charge is -2.16. The fraction of sp³-hybridized carbons (Fsp3) is 0.435. The van der Waals surface area contributed by atoms with Crippen molar-refractivity contribution in [3.8, 4) is 17.2 Å². The largest absolute Gasteiger partial charge is 0.493 e. The molecule has 2 N–H and O–H groups in total. The molecular formula is C23H33N3O3. The number of aryl methyl sites for hydroxylation is 3. The Kier molecular flexibility index (Phi) is 8.19. The number of hydrogen-bond donors (Lipinski definition) is 2. The summed E-state index contributed by atoms with van der Waals surface area (Å²) in [6, 6.07) is 8.33. The zero-order valence-corrected chi connectivity index (χ0v) is 18.6. The van der Waals surface area contributed by atoms with Crippen molar-refractivity contribution in [2.75, 3.05) is 34.9 Å². The normalized spacial score (nSPS) is 11.2. The smallest absolute Gasteiger partial charge is 0.203 e. The second kappa shape index (κ2) is 10.6. The SMILES string of the molecule is CN=C(NCCc1c(C)cc(C)cc1C)NCc1cc(OC)c(OC)c(OC)c1. The van der Waals surface area contributed by atoms with Gasteiger partial charge in [-0.25, -0.2) is 0 Å². The predicted octanol–water partition coefficient (Wildman–Crippen LogP) is 3.55. The topological polar surface area (TPSA) is 64.1 Å². The van der Waals surface area contributed by atoms with E-state index in [9.17, 15) is 0 Å². The van der Waals surface area contributed by atoms with E-state index in [2.05, 4.69) is 48.5 Å². The minimum atomic E-state index is 0.582. The van der Waals surface area contributed by atoms with Crippen molar-refractivity contribution >= 4 is 5.96 Å². The molecule has 0 fully saturated rings. The third-order valence-corrected chi connectivity index (χ3v) is 4.92.